The van der Waals surface area contributed by atoms with Crippen LogP contribution in [0, 0.1) is 6.92 Å². The van der Waals surface area contributed by atoms with Gasteiger partial charge in [-0.25, -0.2) is 0 Å². The van der Waals surface area contributed by atoms with Crippen LogP contribution < -0.4 is 10.6 Å². The van der Waals surface area contributed by atoms with Crippen LogP contribution in [0.3, 0.4) is 0 Å². The number of nitrogens with zero attached hydrogens (tertiary/aromatic N) is 1. The first-order chi connectivity index (χ1) is 9.20. The van der Waals surface area contributed by atoms with Crippen molar-refractivity contribution in [2.24, 2.45) is 0 Å². The van der Waals surface area contributed by atoms with Crippen molar-refractivity contribution < 1.29 is 0 Å². The molecule has 0 unspecified atom stereocenters. The molecule has 0 fully saturated rings. The summed E-state index contributed by atoms with van der Waals surface area (Å²) in [6.07, 6.45) is 7.99. The molecule has 0 aliphatic carbocycles. The van der Waals surface area contributed by atoms with Crippen LogP contribution in [0.4, 0.5) is 0 Å². The Morgan fingerprint density at radius 3 is 2.42 bits per heavy atom. The highest BCUT2D eigenvalue weighted by Gasteiger charge is 2.09. The molecule has 0 aliphatic heterocycles. The largest absolute Gasteiger partial charge is 0.310 e. The molecule has 0 amide bonds. The van der Waals surface area contributed by atoms with Crippen LogP contribution in [0.2, 0.25) is 0 Å². The van der Waals surface area contributed by atoms with E-state index in [0.29, 0.717) is 0 Å². The van der Waals surface area contributed by atoms with Gasteiger partial charge in [-0.2, -0.15) is 0 Å². The van der Waals surface area contributed by atoms with Crippen molar-refractivity contribution >= 4 is 18.7 Å². The molecule has 0 saturated carbocycles. The summed E-state index contributed by atoms with van der Waals surface area (Å²) in [7, 11) is 0. The fourth-order valence-corrected chi connectivity index (χ4v) is 2.28. The van der Waals surface area contributed by atoms with Crippen molar-refractivity contribution in [3.8, 4) is 5.69 Å². The second-order valence-corrected chi connectivity index (χ2v) is 4.45. The Labute approximate surface area is 114 Å². The van der Waals surface area contributed by atoms with E-state index >= 15 is 0 Å². The molecule has 2 rings (SSSR count). The van der Waals surface area contributed by atoms with Gasteiger partial charge in [0.1, 0.15) is 0 Å². The Balaban J connectivity index is 2.92. The number of rotatable bonds is 3. The van der Waals surface area contributed by atoms with Gasteiger partial charge in [0.25, 0.3) is 0 Å². The average Bonchev–Trinajstić information content (AvgIpc) is 2.66. The molecule has 1 heterocycles. The van der Waals surface area contributed by atoms with Crippen LogP contribution in [-0.2, 0) is 0 Å². The van der Waals surface area contributed by atoms with E-state index in [1.54, 1.807) is 0 Å². The molecule has 0 N–H and O–H groups in total. The summed E-state index contributed by atoms with van der Waals surface area (Å²) in [5.41, 5.74) is 3.52. The van der Waals surface area contributed by atoms with Crippen molar-refractivity contribution in [2.45, 2.75) is 13.8 Å². The van der Waals surface area contributed by atoms with Crippen LogP contribution in [0.25, 0.3) is 24.4 Å². The van der Waals surface area contributed by atoms with Gasteiger partial charge in [0.05, 0.1) is 5.35 Å². The lowest BCUT2D eigenvalue weighted by Gasteiger charge is -2.08. The minimum atomic E-state index is 1.05. The predicted molar refractivity (Wildman–Crippen MR) is 84.6 cm³/mol. The maximum absolute atomic E-state index is 4.19. The third kappa shape index (κ3) is 2.32. The van der Waals surface area contributed by atoms with Crippen molar-refractivity contribution in [1.82, 2.24) is 4.57 Å². The third-order valence-corrected chi connectivity index (χ3v) is 3.24. The van der Waals surface area contributed by atoms with E-state index in [4.69, 9.17) is 0 Å². The number of aromatic nitrogens is 1. The molecule has 1 aromatic heterocycles. The van der Waals surface area contributed by atoms with Gasteiger partial charge in [0.15, 0.2) is 0 Å². The van der Waals surface area contributed by atoms with Crippen LogP contribution in [0.15, 0.2) is 49.1 Å². The van der Waals surface area contributed by atoms with E-state index in [-0.39, 0.29) is 0 Å². The van der Waals surface area contributed by atoms with E-state index in [2.05, 4.69) is 48.9 Å². The minimum absolute atomic E-state index is 1.05. The van der Waals surface area contributed by atoms with Gasteiger partial charge < -0.3 is 4.57 Å². The summed E-state index contributed by atoms with van der Waals surface area (Å²) in [5.74, 6) is 0. The summed E-state index contributed by atoms with van der Waals surface area (Å²) in [6.45, 7) is 12.1. The molecule has 0 atom stereocenters. The number of allylic oxidation sites excluding steroid dienone is 2. The third-order valence-electron chi connectivity index (χ3n) is 3.24. The number of para-hydroxylation sites is 1. The quantitative estimate of drug-likeness (QED) is 0.787. The first kappa shape index (κ1) is 13.2. The summed E-state index contributed by atoms with van der Waals surface area (Å²) < 4.78 is 2.22. The molecular formula is C18H19N. The molecule has 0 saturated heterocycles. The number of hydrogen-bond donors (Lipinski definition) is 0. The van der Waals surface area contributed by atoms with Gasteiger partial charge >= 0.3 is 0 Å². The monoisotopic (exact) mass is 249 g/mol. The molecule has 1 aromatic carbocycles. The van der Waals surface area contributed by atoms with Gasteiger partial charge in [-0.1, -0.05) is 43.5 Å². The Morgan fingerprint density at radius 1 is 1.16 bits per heavy atom. The Morgan fingerprint density at radius 2 is 1.84 bits per heavy atom. The lowest BCUT2D eigenvalue weighted by Crippen LogP contribution is -2.27. The summed E-state index contributed by atoms with van der Waals surface area (Å²) in [6, 6.07) is 10.3. The molecule has 96 valence electrons. The lowest BCUT2D eigenvalue weighted by molar-refractivity contribution is 1.01. The summed E-state index contributed by atoms with van der Waals surface area (Å²) >= 11 is 0. The highest BCUT2D eigenvalue weighted by Crippen LogP contribution is 2.12. The molecular weight excluding hydrogens is 230 g/mol. The van der Waals surface area contributed by atoms with Crippen LogP contribution in [0.1, 0.15) is 18.2 Å². The molecule has 19 heavy (non-hydrogen) atoms. The molecule has 0 aliphatic rings. The standard InChI is InChI=1S/C18H19N/c1-5-10-17-14(3)15(4)18(11-6-2)19(17)16-12-8-7-9-13-16/h5-13H,1,3H2,2,4H3/b11-6-,17-10+. The summed E-state index contributed by atoms with van der Waals surface area (Å²) in [5, 5.41) is 2.14. The zero-order valence-electron chi connectivity index (χ0n) is 11.6. The number of benzene rings is 1. The Hall–Kier alpha value is -2.28. The van der Waals surface area contributed by atoms with Gasteiger partial charge in [-0.3, -0.25) is 0 Å². The van der Waals surface area contributed by atoms with E-state index in [0.717, 1.165) is 16.3 Å². The second-order valence-electron chi connectivity index (χ2n) is 4.45. The molecule has 2 aromatic rings. The highest BCUT2D eigenvalue weighted by atomic mass is 15.0. The Kier molecular flexibility index (Phi) is 3.86. The molecule has 0 bridgehead atoms. The molecule has 1 heteroatoms. The van der Waals surface area contributed by atoms with Gasteiger partial charge in [0, 0.05) is 11.4 Å². The zero-order chi connectivity index (χ0) is 13.8. The summed E-state index contributed by atoms with van der Waals surface area (Å²) in [4.78, 5) is 0. The molecule has 0 radical (unpaired) electrons. The van der Waals surface area contributed by atoms with Crippen molar-refractivity contribution in [3.63, 3.8) is 0 Å². The maximum Gasteiger partial charge on any atom is 0.0531 e. The van der Waals surface area contributed by atoms with Crippen molar-refractivity contribution in [2.75, 3.05) is 0 Å². The second kappa shape index (κ2) is 5.57. The van der Waals surface area contributed by atoms with Crippen molar-refractivity contribution in [1.29, 1.82) is 0 Å². The molecule has 1 nitrogen and oxygen atoms in total. The van der Waals surface area contributed by atoms with Gasteiger partial charge in [-0.05, 0) is 48.9 Å². The maximum atomic E-state index is 4.19. The Bertz CT molecular complexity index is 715. The van der Waals surface area contributed by atoms with E-state index in [1.807, 2.05) is 37.3 Å². The van der Waals surface area contributed by atoms with Crippen LogP contribution in [0.5, 0.6) is 0 Å². The zero-order valence-corrected chi connectivity index (χ0v) is 11.6. The number of hydrogen-bond acceptors (Lipinski definition) is 0. The molecule has 0 spiro atoms. The minimum Gasteiger partial charge on any atom is -0.310 e. The predicted octanol–water partition coefficient (Wildman–Crippen LogP) is 3.20. The lowest BCUT2D eigenvalue weighted by atomic mass is 10.2. The van der Waals surface area contributed by atoms with E-state index in [1.165, 1.54) is 11.3 Å². The first-order valence-corrected chi connectivity index (χ1v) is 6.41. The SMILES string of the molecule is C=C/C=c1\c(=C)c(C)c(/C=C\C)n1-c1ccccc1. The van der Waals surface area contributed by atoms with Crippen LogP contribution in [-0.4, -0.2) is 4.57 Å². The fourth-order valence-electron chi connectivity index (χ4n) is 2.28. The smallest absolute Gasteiger partial charge is 0.0531 e. The van der Waals surface area contributed by atoms with Crippen molar-refractivity contribution in [3.05, 3.63) is 70.9 Å². The highest BCUT2D eigenvalue weighted by molar-refractivity contribution is 5.57. The normalized spacial score (nSPS) is 12.2. The van der Waals surface area contributed by atoms with E-state index < -0.39 is 0 Å². The van der Waals surface area contributed by atoms with Gasteiger partial charge in [0.2, 0.25) is 0 Å². The van der Waals surface area contributed by atoms with Crippen LogP contribution >= 0.6 is 0 Å². The first-order valence-electron chi connectivity index (χ1n) is 6.41. The van der Waals surface area contributed by atoms with Gasteiger partial charge in [-0.15, -0.1) is 0 Å². The topological polar surface area (TPSA) is 4.93 Å². The fraction of sp³-hybridized carbons (Fsp3) is 0.111. The average molecular weight is 249 g/mol. The van der Waals surface area contributed by atoms with E-state index in [9.17, 15) is 0 Å².